The number of carbonyl (C=O) groups is 1. The highest BCUT2D eigenvalue weighted by Gasteiger charge is 2.21. The Balaban J connectivity index is 0.00000220. The SMILES string of the molecule is CC(N)CCC(=O)N1CCN(Cc2ccc(Cl)s2)CC1.Cl.Cl. The lowest BCUT2D eigenvalue weighted by molar-refractivity contribution is -0.133. The fraction of sp³-hybridized carbons (Fsp3) is 0.643. The molecule has 2 rings (SSSR count). The molecule has 2 heterocycles. The molecule has 1 aromatic heterocycles. The first-order valence-electron chi connectivity index (χ1n) is 7.04. The molecule has 1 aliphatic heterocycles. The molecule has 1 aliphatic rings. The summed E-state index contributed by atoms with van der Waals surface area (Å²) in [6.07, 6.45) is 1.34. The van der Waals surface area contributed by atoms with Crippen molar-refractivity contribution in [1.29, 1.82) is 0 Å². The van der Waals surface area contributed by atoms with Gasteiger partial charge in [0, 0.05) is 50.1 Å². The Morgan fingerprint density at radius 3 is 2.45 bits per heavy atom. The van der Waals surface area contributed by atoms with Gasteiger partial charge in [0.05, 0.1) is 4.34 Å². The van der Waals surface area contributed by atoms with Gasteiger partial charge in [0.15, 0.2) is 0 Å². The van der Waals surface area contributed by atoms with E-state index in [0.29, 0.717) is 6.42 Å². The minimum Gasteiger partial charge on any atom is -0.340 e. The zero-order valence-corrected chi connectivity index (χ0v) is 15.9. The van der Waals surface area contributed by atoms with Crippen LogP contribution in [-0.2, 0) is 11.3 Å². The molecule has 1 unspecified atom stereocenters. The van der Waals surface area contributed by atoms with Gasteiger partial charge in [-0.3, -0.25) is 9.69 Å². The minimum atomic E-state index is 0. The molecule has 1 aromatic rings. The maximum Gasteiger partial charge on any atom is 0.222 e. The van der Waals surface area contributed by atoms with Crippen molar-refractivity contribution >= 4 is 53.7 Å². The first kappa shape index (κ1) is 22.0. The van der Waals surface area contributed by atoms with Gasteiger partial charge in [-0.25, -0.2) is 0 Å². The zero-order valence-electron chi connectivity index (χ0n) is 12.7. The van der Waals surface area contributed by atoms with Crippen molar-refractivity contribution in [2.24, 2.45) is 5.73 Å². The number of piperazine rings is 1. The summed E-state index contributed by atoms with van der Waals surface area (Å²) in [7, 11) is 0. The van der Waals surface area contributed by atoms with Crippen LogP contribution >= 0.6 is 47.8 Å². The number of hydrogen-bond donors (Lipinski definition) is 1. The van der Waals surface area contributed by atoms with Gasteiger partial charge < -0.3 is 10.6 Å². The van der Waals surface area contributed by atoms with E-state index in [2.05, 4.69) is 11.0 Å². The lowest BCUT2D eigenvalue weighted by Gasteiger charge is -2.34. The van der Waals surface area contributed by atoms with Crippen LogP contribution in [0.25, 0.3) is 0 Å². The molecule has 0 saturated carbocycles. The Bertz CT molecular complexity index is 448. The van der Waals surface area contributed by atoms with Crippen LogP contribution in [0.5, 0.6) is 0 Å². The summed E-state index contributed by atoms with van der Waals surface area (Å²) in [4.78, 5) is 17.6. The van der Waals surface area contributed by atoms with Gasteiger partial charge >= 0.3 is 0 Å². The molecule has 4 nitrogen and oxygen atoms in total. The van der Waals surface area contributed by atoms with Crippen LogP contribution in [0, 0.1) is 0 Å². The smallest absolute Gasteiger partial charge is 0.222 e. The van der Waals surface area contributed by atoms with E-state index in [-0.39, 0.29) is 36.8 Å². The summed E-state index contributed by atoms with van der Waals surface area (Å²) in [5, 5.41) is 0. The number of nitrogens with two attached hydrogens (primary N) is 1. The van der Waals surface area contributed by atoms with Gasteiger partial charge in [0.25, 0.3) is 0 Å². The molecule has 1 saturated heterocycles. The van der Waals surface area contributed by atoms with Gasteiger partial charge in [-0.15, -0.1) is 36.2 Å². The predicted octanol–water partition coefficient (Wildman–Crippen LogP) is 3.02. The number of hydrogen-bond acceptors (Lipinski definition) is 4. The average Bonchev–Trinajstić information content (AvgIpc) is 2.82. The topological polar surface area (TPSA) is 49.6 Å². The lowest BCUT2D eigenvalue weighted by Crippen LogP contribution is -2.48. The summed E-state index contributed by atoms with van der Waals surface area (Å²) in [5.41, 5.74) is 5.69. The summed E-state index contributed by atoms with van der Waals surface area (Å²) >= 11 is 7.57. The van der Waals surface area contributed by atoms with E-state index in [4.69, 9.17) is 17.3 Å². The van der Waals surface area contributed by atoms with Crippen LogP contribution in [0.1, 0.15) is 24.6 Å². The fourth-order valence-corrected chi connectivity index (χ4v) is 3.45. The van der Waals surface area contributed by atoms with E-state index < -0.39 is 0 Å². The number of halogens is 3. The molecule has 0 aliphatic carbocycles. The third-order valence-electron chi connectivity index (χ3n) is 3.55. The van der Waals surface area contributed by atoms with Crippen LogP contribution in [0.4, 0.5) is 0 Å². The second-order valence-electron chi connectivity index (χ2n) is 5.38. The highest BCUT2D eigenvalue weighted by atomic mass is 35.5. The fourth-order valence-electron chi connectivity index (χ4n) is 2.32. The number of carbonyl (C=O) groups excluding carboxylic acids is 1. The predicted molar refractivity (Wildman–Crippen MR) is 98.6 cm³/mol. The second-order valence-corrected chi connectivity index (χ2v) is 7.18. The van der Waals surface area contributed by atoms with Gasteiger partial charge in [-0.2, -0.15) is 0 Å². The third-order valence-corrected chi connectivity index (χ3v) is 4.76. The van der Waals surface area contributed by atoms with Gasteiger partial charge in [-0.1, -0.05) is 11.6 Å². The molecule has 22 heavy (non-hydrogen) atoms. The standard InChI is InChI=1S/C14H22ClN3OS.2ClH/c1-11(16)2-5-14(19)18-8-6-17(7-9-18)10-12-3-4-13(15)20-12;;/h3-4,11H,2,5-10,16H2,1H3;2*1H. The van der Waals surface area contributed by atoms with Gasteiger partial charge in [0.2, 0.25) is 5.91 Å². The van der Waals surface area contributed by atoms with Crippen LogP contribution < -0.4 is 5.73 Å². The maximum absolute atomic E-state index is 12.0. The molecule has 128 valence electrons. The van der Waals surface area contributed by atoms with Crippen molar-refractivity contribution in [3.63, 3.8) is 0 Å². The zero-order chi connectivity index (χ0) is 14.5. The number of thiophene rings is 1. The van der Waals surface area contributed by atoms with E-state index in [1.165, 1.54) is 4.88 Å². The highest BCUT2D eigenvalue weighted by Crippen LogP contribution is 2.23. The van der Waals surface area contributed by atoms with Crippen molar-refractivity contribution in [2.45, 2.75) is 32.4 Å². The van der Waals surface area contributed by atoms with Gasteiger partial charge in [0.1, 0.15) is 0 Å². The lowest BCUT2D eigenvalue weighted by atomic mass is 10.1. The molecule has 0 radical (unpaired) electrons. The molecule has 0 spiro atoms. The molecule has 1 amide bonds. The van der Waals surface area contributed by atoms with Gasteiger partial charge in [-0.05, 0) is 25.5 Å². The Labute approximate surface area is 153 Å². The van der Waals surface area contributed by atoms with Crippen molar-refractivity contribution in [3.05, 3.63) is 21.3 Å². The first-order valence-corrected chi connectivity index (χ1v) is 8.24. The quantitative estimate of drug-likeness (QED) is 0.843. The van der Waals surface area contributed by atoms with Crippen LogP contribution in [0.3, 0.4) is 0 Å². The molecule has 0 aromatic carbocycles. The van der Waals surface area contributed by atoms with E-state index in [0.717, 1.165) is 43.5 Å². The summed E-state index contributed by atoms with van der Waals surface area (Å²) in [6, 6.07) is 4.12. The molecule has 1 fully saturated rings. The Kier molecular flexibility index (Phi) is 10.7. The van der Waals surface area contributed by atoms with Crippen molar-refractivity contribution in [2.75, 3.05) is 26.2 Å². The highest BCUT2D eigenvalue weighted by molar-refractivity contribution is 7.16. The van der Waals surface area contributed by atoms with E-state index >= 15 is 0 Å². The minimum absolute atomic E-state index is 0. The maximum atomic E-state index is 12.0. The first-order chi connectivity index (χ1) is 9.54. The Morgan fingerprint density at radius 1 is 1.32 bits per heavy atom. The number of amides is 1. The normalized spacial score (nSPS) is 16.6. The van der Waals surface area contributed by atoms with E-state index in [9.17, 15) is 4.79 Å². The van der Waals surface area contributed by atoms with E-state index in [1.54, 1.807) is 11.3 Å². The number of rotatable bonds is 5. The van der Waals surface area contributed by atoms with Crippen molar-refractivity contribution < 1.29 is 4.79 Å². The van der Waals surface area contributed by atoms with E-state index in [1.807, 2.05) is 17.9 Å². The second kappa shape index (κ2) is 10.7. The third kappa shape index (κ3) is 7.02. The molecular weight excluding hydrogens is 365 g/mol. The molecule has 0 bridgehead atoms. The van der Waals surface area contributed by atoms with Crippen LogP contribution in [0.2, 0.25) is 4.34 Å². The molecular formula is C14H24Cl3N3OS. The largest absolute Gasteiger partial charge is 0.340 e. The average molecular weight is 389 g/mol. The van der Waals surface area contributed by atoms with Crippen molar-refractivity contribution in [1.82, 2.24) is 9.80 Å². The monoisotopic (exact) mass is 387 g/mol. The summed E-state index contributed by atoms with van der Waals surface area (Å²) in [6.45, 7) is 6.36. The van der Waals surface area contributed by atoms with Crippen LogP contribution in [-0.4, -0.2) is 47.9 Å². The summed E-state index contributed by atoms with van der Waals surface area (Å²) < 4.78 is 0.838. The Morgan fingerprint density at radius 2 is 1.95 bits per heavy atom. The number of nitrogens with zero attached hydrogens (tertiary/aromatic N) is 2. The molecule has 8 heteroatoms. The molecule has 1 atom stereocenters. The van der Waals surface area contributed by atoms with Crippen molar-refractivity contribution in [3.8, 4) is 0 Å². The molecule has 2 N–H and O–H groups in total. The van der Waals surface area contributed by atoms with Crippen LogP contribution in [0.15, 0.2) is 12.1 Å². The Hall–Kier alpha value is -0.0400. The summed E-state index contributed by atoms with van der Waals surface area (Å²) in [5.74, 6) is 0.237.